The molecule has 2 aromatic rings. The Labute approximate surface area is 174 Å². The van der Waals surface area contributed by atoms with E-state index in [4.69, 9.17) is 4.74 Å². The third-order valence-electron chi connectivity index (χ3n) is 5.00. The fraction of sp³-hybridized carbons (Fsp3) is 0.381. The summed E-state index contributed by atoms with van der Waals surface area (Å²) in [4.78, 5) is 12.3. The van der Waals surface area contributed by atoms with Crippen molar-refractivity contribution < 1.29 is 26.7 Å². The first-order valence-electron chi connectivity index (χ1n) is 9.73. The van der Waals surface area contributed by atoms with Crippen LogP contribution in [0.25, 0.3) is 0 Å². The predicted molar refractivity (Wildman–Crippen MR) is 109 cm³/mol. The molecule has 1 N–H and O–H groups in total. The van der Waals surface area contributed by atoms with Crippen LogP contribution in [0.15, 0.2) is 41.3 Å². The molecule has 0 aliphatic carbocycles. The minimum absolute atomic E-state index is 0.00491. The van der Waals surface area contributed by atoms with Gasteiger partial charge in [0.25, 0.3) is 0 Å². The number of ether oxygens (including phenoxy) is 1. The summed E-state index contributed by atoms with van der Waals surface area (Å²) in [5, 5.41) is 2.66. The molecule has 3 rings (SSSR count). The molecule has 0 unspecified atom stereocenters. The Bertz CT molecular complexity index is 1020. The highest BCUT2D eigenvalue weighted by Gasteiger charge is 2.29. The van der Waals surface area contributed by atoms with Gasteiger partial charge in [-0.2, -0.15) is 4.31 Å². The van der Waals surface area contributed by atoms with Gasteiger partial charge in [-0.25, -0.2) is 17.2 Å². The van der Waals surface area contributed by atoms with Gasteiger partial charge in [0, 0.05) is 25.2 Å². The van der Waals surface area contributed by atoms with Crippen LogP contribution in [0.3, 0.4) is 0 Å². The molecule has 0 bridgehead atoms. The number of sulfonamides is 1. The molecular formula is C21H24F2N2O4S. The predicted octanol–water partition coefficient (Wildman–Crippen LogP) is 3.72. The lowest BCUT2D eigenvalue weighted by atomic mass is 10.1. The van der Waals surface area contributed by atoms with Crippen molar-refractivity contribution in [2.75, 3.05) is 25.5 Å². The van der Waals surface area contributed by atoms with Gasteiger partial charge in [0.1, 0.15) is 10.6 Å². The number of piperidine rings is 1. The van der Waals surface area contributed by atoms with E-state index in [1.54, 1.807) is 6.07 Å². The van der Waals surface area contributed by atoms with Crippen molar-refractivity contribution in [3.05, 3.63) is 53.6 Å². The number of rotatable bonds is 7. The first-order valence-corrected chi connectivity index (χ1v) is 11.2. The summed E-state index contributed by atoms with van der Waals surface area (Å²) in [6.07, 6.45) is 2.87. The Morgan fingerprint density at radius 3 is 2.47 bits per heavy atom. The van der Waals surface area contributed by atoms with Crippen LogP contribution in [0.1, 0.15) is 31.2 Å². The molecule has 1 saturated heterocycles. The topological polar surface area (TPSA) is 75.7 Å². The van der Waals surface area contributed by atoms with Crippen molar-refractivity contribution in [3.8, 4) is 5.75 Å². The van der Waals surface area contributed by atoms with E-state index in [0.29, 0.717) is 24.3 Å². The SMILES string of the molecule is COc1ccc(NC(=O)CCc2ccc(F)c(F)c2)cc1S(=O)(=O)N1CCCCC1. The van der Waals surface area contributed by atoms with Crippen LogP contribution in [0.5, 0.6) is 5.75 Å². The first kappa shape index (κ1) is 22.2. The van der Waals surface area contributed by atoms with Crippen LogP contribution in [-0.2, 0) is 21.2 Å². The number of nitrogens with zero attached hydrogens (tertiary/aromatic N) is 1. The molecule has 9 heteroatoms. The lowest BCUT2D eigenvalue weighted by Crippen LogP contribution is -2.35. The number of amides is 1. The van der Waals surface area contributed by atoms with E-state index in [-0.39, 0.29) is 29.4 Å². The Kier molecular flexibility index (Phi) is 7.04. The average molecular weight is 438 g/mol. The van der Waals surface area contributed by atoms with Crippen LogP contribution in [0, 0.1) is 11.6 Å². The van der Waals surface area contributed by atoms with Gasteiger partial charge in [0.05, 0.1) is 7.11 Å². The Morgan fingerprint density at radius 1 is 1.07 bits per heavy atom. The highest BCUT2D eigenvalue weighted by molar-refractivity contribution is 7.89. The van der Waals surface area contributed by atoms with E-state index in [1.165, 1.54) is 29.6 Å². The summed E-state index contributed by atoms with van der Waals surface area (Å²) >= 11 is 0. The number of aryl methyl sites for hydroxylation is 1. The Morgan fingerprint density at radius 2 is 1.80 bits per heavy atom. The van der Waals surface area contributed by atoms with Gasteiger partial charge in [-0.15, -0.1) is 0 Å². The highest BCUT2D eigenvalue weighted by atomic mass is 32.2. The molecule has 1 heterocycles. The van der Waals surface area contributed by atoms with Crippen LogP contribution in [-0.4, -0.2) is 38.8 Å². The molecule has 162 valence electrons. The van der Waals surface area contributed by atoms with Crippen molar-refractivity contribution in [3.63, 3.8) is 0 Å². The van der Waals surface area contributed by atoms with Crippen molar-refractivity contribution in [2.24, 2.45) is 0 Å². The Hall–Kier alpha value is -2.52. The van der Waals surface area contributed by atoms with Gasteiger partial charge < -0.3 is 10.1 Å². The summed E-state index contributed by atoms with van der Waals surface area (Å²) in [6.45, 7) is 0.909. The number of methoxy groups -OCH3 is 1. The maximum absolute atomic E-state index is 13.3. The van der Waals surface area contributed by atoms with Gasteiger partial charge in [-0.3, -0.25) is 4.79 Å². The second-order valence-corrected chi connectivity index (χ2v) is 9.03. The largest absolute Gasteiger partial charge is 0.495 e. The average Bonchev–Trinajstić information content (AvgIpc) is 2.75. The van der Waals surface area contributed by atoms with Gasteiger partial charge >= 0.3 is 0 Å². The normalized spacial score (nSPS) is 15.0. The number of benzene rings is 2. The molecule has 0 atom stereocenters. The zero-order chi connectivity index (χ0) is 21.7. The minimum Gasteiger partial charge on any atom is -0.495 e. The molecule has 0 aromatic heterocycles. The van der Waals surface area contributed by atoms with E-state index >= 15 is 0 Å². The fourth-order valence-electron chi connectivity index (χ4n) is 3.38. The van der Waals surface area contributed by atoms with Gasteiger partial charge in [-0.1, -0.05) is 12.5 Å². The van der Waals surface area contributed by atoms with Crippen molar-refractivity contribution in [1.82, 2.24) is 4.31 Å². The van der Waals surface area contributed by atoms with E-state index in [1.807, 2.05) is 0 Å². The summed E-state index contributed by atoms with van der Waals surface area (Å²) in [5.74, 6) is -2.06. The second-order valence-electron chi connectivity index (χ2n) is 7.13. The molecule has 6 nitrogen and oxygen atoms in total. The molecule has 0 spiro atoms. The molecule has 2 aromatic carbocycles. The summed E-state index contributed by atoms with van der Waals surface area (Å²) in [7, 11) is -2.35. The summed E-state index contributed by atoms with van der Waals surface area (Å²) in [6, 6.07) is 7.94. The zero-order valence-corrected chi connectivity index (χ0v) is 17.5. The number of hydrogen-bond donors (Lipinski definition) is 1. The number of carbonyl (C=O) groups excluding carboxylic acids is 1. The smallest absolute Gasteiger partial charge is 0.246 e. The number of halogens is 2. The van der Waals surface area contributed by atoms with Crippen molar-refractivity contribution in [1.29, 1.82) is 0 Å². The monoisotopic (exact) mass is 438 g/mol. The lowest BCUT2D eigenvalue weighted by molar-refractivity contribution is -0.116. The summed E-state index contributed by atoms with van der Waals surface area (Å²) < 4.78 is 59.0. The van der Waals surface area contributed by atoms with Gasteiger partial charge in [0.15, 0.2) is 11.6 Å². The van der Waals surface area contributed by atoms with Crippen LogP contribution >= 0.6 is 0 Å². The minimum atomic E-state index is -3.75. The van der Waals surface area contributed by atoms with Gasteiger partial charge in [0.2, 0.25) is 15.9 Å². The van der Waals surface area contributed by atoms with E-state index in [9.17, 15) is 22.0 Å². The molecule has 1 aliphatic heterocycles. The number of nitrogens with one attached hydrogen (secondary N) is 1. The molecule has 0 saturated carbocycles. The quantitative estimate of drug-likeness (QED) is 0.715. The number of carbonyl (C=O) groups is 1. The number of anilines is 1. The van der Waals surface area contributed by atoms with Crippen LogP contribution in [0.4, 0.5) is 14.5 Å². The third-order valence-corrected chi connectivity index (χ3v) is 6.92. The maximum atomic E-state index is 13.3. The first-order chi connectivity index (χ1) is 14.3. The fourth-order valence-corrected chi connectivity index (χ4v) is 5.08. The highest BCUT2D eigenvalue weighted by Crippen LogP contribution is 2.31. The molecule has 30 heavy (non-hydrogen) atoms. The van der Waals surface area contributed by atoms with E-state index < -0.39 is 21.7 Å². The Balaban J connectivity index is 1.72. The lowest BCUT2D eigenvalue weighted by Gasteiger charge is -2.26. The third kappa shape index (κ3) is 5.14. The summed E-state index contributed by atoms with van der Waals surface area (Å²) in [5.41, 5.74) is 0.814. The van der Waals surface area contributed by atoms with Crippen LogP contribution in [0.2, 0.25) is 0 Å². The maximum Gasteiger partial charge on any atom is 0.246 e. The molecule has 1 aliphatic rings. The second kappa shape index (κ2) is 9.53. The van der Waals surface area contributed by atoms with E-state index in [0.717, 1.165) is 31.4 Å². The molecule has 0 radical (unpaired) electrons. The van der Waals surface area contributed by atoms with Gasteiger partial charge in [-0.05, 0) is 55.2 Å². The molecule has 1 amide bonds. The molecular weight excluding hydrogens is 414 g/mol. The zero-order valence-electron chi connectivity index (χ0n) is 16.7. The number of hydrogen-bond acceptors (Lipinski definition) is 4. The standard InChI is InChI=1S/C21H24F2N2O4S/c1-29-19-9-7-16(14-20(19)30(27,28)25-11-3-2-4-12-25)24-21(26)10-6-15-5-8-17(22)18(23)13-15/h5,7-9,13-14H,2-4,6,10-12H2,1H3,(H,24,26). The van der Waals surface area contributed by atoms with Crippen molar-refractivity contribution >= 4 is 21.6 Å². The molecule has 1 fully saturated rings. The van der Waals surface area contributed by atoms with E-state index in [2.05, 4.69) is 5.32 Å². The van der Waals surface area contributed by atoms with Crippen LogP contribution < -0.4 is 10.1 Å². The van der Waals surface area contributed by atoms with Crippen molar-refractivity contribution in [2.45, 2.75) is 37.0 Å².